The van der Waals surface area contributed by atoms with Gasteiger partial charge in [-0.25, -0.2) is 4.79 Å². The van der Waals surface area contributed by atoms with Gasteiger partial charge in [0.1, 0.15) is 17.0 Å². The topological polar surface area (TPSA) is 126 Å². The van der Waals surface area contributed by atoms with Crippen LogP contribution in [0.5, 0.6) is 5.75 Å². The summed E-state index contributed by atoms with van der Waals surface area (Å²) in [5.74, 6) is -0.913. The molecule has 34 heavy (non-hydrogen) atoms. The smallest absolute Gasteiger partial charge is 0.387 e. The summed E-state index contributed by atoms with van der Waals surface area (Å²) in [6, 6.07) is 9.15. The number of amides is 1. The van der Waals surface area contributed by atoms with Gasteiger partial charge >= 0.3 is 12.6 Å². The fourth-order valence-corrected chi connectivity index (χ4v) is 4.49. The van der Waals surface area contributed by atoms with Crippen molar-refractivity contribution < 1.29 is 33.0 Å². The summed E-state index contributed by atoms with van der Waals surface area (Å²) in [6.07, 6.45) is 3.80. The van der Waals surface area contributed by atoms with Gasteiger partial charge in [-0.15, -0.1) is 0 Å². The highest BCUT2D eigenvalue weighted by atomic mass is 19.3. The molecular weight excluding hydrogens is 450 g/mol. The van der Waals surface area contributed by atoms with Crippen molar-refractivity contribution in [3.05, 3.63) is 59.9 Å². The summed E-state index contributed by atoms with van der Waals surface area (Å²) in [7, 11) is 0. The third-order valence-electron chi connectivity index (χ3n) is 6.32. The fourth-order valence-electron chi connectivity index (χ4n) is 4.49. The number of aromatic amines is 1. The van der Waals surface area contributed by atoms with E-state index in [1.165, 1.54) is 24.4 Å². The van der Waals surface area contributed by atoms with Gasteiger partial charge in [-0.05, 0) is 43.9 Å². The molecule has 1 aromatic carbocycles. The number of carbonyl (C=O) groups excluding carboxylic acids is 2. The van der Waals surface area contributed by atoms with E-state index < -0.39 is 29.7 Å². The number of nitrogens with zero attached hydrogens (tertiary/aromatic N) is 2. The Bertz CT molecular complexity index is 1250. The Morgan fingerprint density at radius 3 is 2.76 bits per heavy atom. The minimum absolute atomic E-state index is 0.0116. The lowest BCUT2D eigenvalue weighted by atomic mass is 9.73. The van der Waals surface area contributed by atoms with Crippen LogP contribution in [0.3, 0.4) is 0 Å². The first-order valence-corrected chi connectivity index (χ1v) is 10.6. The number of fused-ring (bicyclic) bond motifs is 2. The van der Waals surface area contributed by atoms with E-state index in [1.807, 2.05) is 0 Å². The lowest BCUT2D eigenvalue weighted by Crippen LogP contribution is -2.49. The first-order valence-electron chi connectivity index (χ1n) is 10.6. The van der Waals surface area contributed by atoms with E-state index in [0.29, 0.717) is 22.4 Å². The molecule has 5 rings (SSSR count). The zero-order valence-electron chi connectivity index (χ0n) is 17.8. The Morgan fingerprint density at radius 2 is 2.00 bits per heavy atom. The molecule has 2 aromatic heterocycles. The lowest BCUT2D eigenvalue weighted by Gasteiger charge is -2.40. The quantitative estimate of drug-likeness (QED) is 0.488. The van der Waals surface area contributed by atoms with Crippen molar-refractivity contribution in [1.82, 2.24) is 15.2 Å². The first-order chi connectivity index (χ1) is 16.3. The van der Waals surface area contributed by atoms with Crippen molar-refractivity contribution in [2.75, 3.05) is 5.32 Å². The molecule has 1 spiro atoms. The SMILES string of the molecule is O=C1OC2(CCC(O)(C(=O)Nc3cc(-c4cccc(OC(F)F)c4)[nH]n3)CC2)c2cnccc21. The average molecular weight is 470 g/mol. The number of rotatable bonds is 5. The number of aliphatic hydroxyl groups is 1. The van der Waals surface area contributed by atoms with Crippen molar-refractivity contribution in [3.8, 4) is 17.0 Å². The van der Waals surface area contributed by atoms with Crippen LogP contribution in [0.4, 0.5) is 14.6 Å². The van der Waals surface area contributed by atoms with Crippen molar-refractivity contribution in [2.45, 2.75) is 43.5 Å². The number of aromatic nitrogens is 3. The van der Waals surface area contributed by atoms with Crippen LogP contribution in [0.25, 0.3) is 11.3 Å². The number of hydrogen-bond donors (Lipinski definition) is 3. The number of carbonyl (C=O) groups is 2. The van der Waals surface area contributed by atoms with Gasteiger partial charge < -0.3 is 19.9 Å². The van der Waals surface area contributed by atoms with E-state index in [1.54, 1.807) is 24.4 Å². The van der Waals surface area contributed by atoms with E-state index in [2.05, 4.69) is 25.2 Å². The largest absolute Gasteiger partial charge is 0.450 e. The second-order valence-corrected chi connectivity index (χ2v) is 8.36. The average Bonchev–Trinajstić information content (AvgIpc) is 3.39. The number of alkyl halides is 2. The van der Waals surface area contributed by atoms with Crippen molar-refractivity contribution in [2.24, 2.45) is 0 Å². The number of hydrogen-bond acceptors (Lipinski definition) is 7. The van der Waals surface area contributed by atoms with E-state index >= 15 is 0 Å². The van der Waals surface area contributed by atoms with Crippen LogP contribution >= 0.6 is 0 Å². The minimum atomic E-state index is -2.94. The number of H-pyrrole nitrogens is 1. The molecule has 2 aliphatic rings. The molecule has 176 valence electrons. The predicted molar refractivity (Wildman–Crippen MR) is 114 cm³/mol. The third-order valence-corrected chi connectivity index (χ3v) is 6.32. The van der Waals surface area contributed by atoms with E-state index in [0.717, 1.165) is 0 Å². The van der Waals surface area contributed by atoms with Gasteiger partial charge in [-0.2, -0.15) is 13.9 Å². The normalized spacial score (nSPS) is 23.6. The number of ether oxygens (including phenoxy) is 2. The predicted octanol–water partition coefficient (Wildman–Crippen LogP) is 3.38. The summed E-state index contributed by atoms with van der Waals surface area (Å²) in [5, 5.41) is 20.4. The zero-order valence-corrected chi connectivity index (χ0v) is 17.8. The molecule has 0 saturated heterocycles. The Hall–Kier alpha value is -3.86. The Kier molecular flexibility index (Phi) is 5.28. The molecule has 0 radical (unpaired) electrons. The van der Waals surface area contributed by atoms with Crippen LogP contribution in [0.2, 0.25) is 0 Å². The fraction of sp³-hybridized carbons (Fsp3) is 0.304. The van der Waals surface area contributed by atoms with Gasteiger partial charge in [-0.3, -0.25) is 14.9 Å². The molecule has 11 heteroatoms. The number of pyridine rings is 1. The van der Waals surface area contributed by atoms with Crippen LogP contribution in [-0.2, 0) is 15.1 Å². The highest BCUT2D eigenvalue weighted by molar-refractivity contribution is 5.97. The molecule has 1 aliphatic heterocycles. The molecule has 1 fully saturated rings. The Labute approximate surface area is 192 Å². The van der Waals surface area contributed by atoms with Crippen LogP contribution in [0, 0.1) is 0 Å². The van der Waals surface area contributed by atoms with E-state index in [9.17, 15) is 23.5 Å². The molecule has 3 aromatic rings. The number of halogens is 2. The first kappa shape index (κ1) is 22.0. The van der Waals surface area contributed by atoms with Gasteiger partial charge in [0.2, 0.25) is 0 Å². The Morgan fingerprint density at radius 1 is 1.21 bits per heavy atom. The maximum absolute atomic E-state index is 12.9. The van der Waals surface area contributed by atoms with Gasteiger partial charge in [0.25, 0.3) is 5.91 Å². The number of nitrogens with one attached hydrogen (secondary N) is 2. The van der Waals surface area contributed by atoms with Crippen molar-refractivity contribution in [3.63, 3.8) is 0 Å². The zero-order chi connectivity index (χ0) is 23.9. The maximum Gasteiger partial charge on any atom is 0.387 e. The molecule has 3 heterocycles. The van der Waals surface area contributed by atoms with E-state index in [4.69, 9.17) is 4.74 Å². The summed E-state index contributed by atoms with van der Waals surface area (Å²) in [5.41, 5.74) is -0.439. The van der Waals surface area contributed by atoms with Gasteiger partial charge in [0.05, 0.1) is 11.3 Å². The molecule has 9 nitrogen and oxygen atoms in total. The van der Waals surface area contributed by atoms with Crippen LogP contribution in [-0.4, -0.2) is 44.4 Å². The van der Waals surface area contributed by atoms with E-state index in [-0.39, 0.29) is 37.3 Å². The highest BCUT2D eigenvalue weighted by Crippen LogP contribution is 2.49. The maximum atomic E-state index is 12.9. The van der Waals surface area contributed by atoms with Gasteiger partial charge in [-0.1, -0.05) is 12.1 Å². The molecular formula is C23H20F2N4O5. The summed E-state index contributed by atoms with van der Waals surface area (Å²) < 4.78 is 35.0. The van der Waals surface area contributed by atoms with Gasteiger partial charge in [0, 0.05) is 29.6 Å². The van der Waals surface area contributed by atoms with Crippen molar-refractivity contribution in [1.29, 1.82) is 0 Å². The summed E-state index contributed by atoms with van der Waals surface area (Å²) in [6.45, 7) is -2.94. The summed E-state index contributed by atoms with van der Waals surface area (Å²) in [4.78, 5) is 29.2. The second kappa shape index (κ2) is 8.17. The molecule has 0 atom stereocenters. The summed E-state index contributed by atoms with van der Waals surface area (Å²) >= 11 is 0. The minimum Gasteiger partial charge on any atom is -0.450 e. The molecule has 3 N–H and O–H groups in total. The van der Waals surface area contributed by atoms with Crippen molar-refractivity contribution >= 4 is 17.7 Å². The Balaban J connectivity index is 1.26. The molecule has 1 amide bonds. The molecule has 0 unspecified atom stereocenters. The number of esters is 1. The number of anilines is 1. The lowest BCUT2D eigenvalue weighted by molar-refractivity contribution is -0.144. The van der Waals surface area contributed by atoms with Crippen LogP contribution in [0.1, 0.15) is 41.6 Å². The second-order valence-electron chi connectivity index (χ2n) is 8.36. The molecule has 0 bridgehead atoms. The number of benzene rings is 1. The third kappa shape index (κ3) is 3.87. The molecule has 1 saturated carbocycles. The monoisotopic (exact) mass is 470 g/mol. The van der Waals surface area contributed by atoms with Gasteiger partial charge in [0.15, 0.2) is 5.82 Å². The van der Waals surface area contributed by atoms with Crippen LogP contribution < -0.4 is 10.1 Å². The standard InChI is InChI=1S/C23H20F2N4O5/c24-21(25)33-14-3-1-2-13(10-14)17-11-18(29-28-17)27-20(31)22(32)5-7-23(8-6-22)16-12-26-9-4-15(16)19(30)34-23/h1-4,9-12,21,32H,5-8H2,(H2,27,28,29,31). The molecule has 1 aliphatic carbocycles. The highest BCUT2D eigenvalue weighted by Gasteiger charge is 2.53. The van der Waals surface area contributed by atoms with Crippen LogP contribution in [0.15, 0.2) is 48.8 Å².